The lowest BCUT2D eigenvalue weighted by atomic mass is 10.3. The average molecular weight is 127 g/mol. The van der Waals surface area contributed by atoms with Crippen LogP contribution in [0.2, 0.25) is 0 Å². The lowest BCUT2D eigenvalue weighted by Crippen LogP contribution is -2.29. The van der Waals surface area contributed by atoms with Gasteiger partial charge in [0.25, 0.3) is 0 Å². The maximum Gasteiger partial charge on any atom is 0.309 e. The minimum absolute atomic E-state index is 0.340. The zero-order valence-corrected chi connectivity index (χ0v) is 5.55. The molecule has 1 rings (SSSR count). The second kappa shape index (κ2) is 2.82. The van der Waals surface area contributed by atoms with Gasteiger partial charge in [-0.3, -0.25) is 4.79 Å². The zero-order valence-electron chi connectivity index (χ0n) is 5.55. The van der Waals surface area contributed by atoms with Gasteiger partial charge in [0.2, 0.25) is 0 Å². The molecule has 1 atom stereocenters. The van der Waals surface area contributed by atoms with Crippen molar-refractivity contribution in [2.75, 3.05) is 20.1 Å². The van der Waals surface area contributed by atoms with Gasteiger partial charge in [-0.15, -0.1) is 0 Å². The van der Waals surface area contributed by atoms with Crippen LogP contribution in [-0.4, -0.2) is 37.5 Å². The van der Waals surface area contributed by atoms with Gasteiger partial charge in [-0.25, -0.2) is 0 Å². The van der Waals surface area contributed by atoms with Crippen LogP contribution in [0.3, 0.4) is 0 Å². The van der Waals surface area contributed by atoms with Gasteiger partial charge in [-0.05, 0) is 20.0 Å². The summed E-state index contributed by atoms with van der Waals surface area (Å²) in [6, 6.07) is 0.340. The smallest absolute Gasteiger partial charge is 0.309 e. The van der Waals surface area contributed by atoms with Crippen LogP contribution in [0.4, 0.5) is 0 Å². The Morgan fingerprint density at radius 2 is 2.56 bits per heavy atom. The summed E-state index contributed by atoms with van der Waals surface area (Å²) in [6.45, 7) is 2.05. The van der Waals surface area contributed by atoms with Gasteiger partial charge in [0.1, 0.15) is 0 Å². The number of nitrogens with zero attached hydrogens (tertiary/aromatic N) is 1. The molecule has 0 bridgehead atoms. The van der Waals surface area contributed by atoms with Crippen molar-refractivity contribution < 1.29 is 4.79 Å². The molecule has 1 saturated heterocycles. The van der Waals surface area contributed by atoms with E-state index < -0.39 is 0 Å². The van der Waals surface area contributed by atoms with Crippen LogP contribution in [0.15, 0.2) is 0 Å². The molecule has 1 amide bonds. The second-order valence-corrected chi connectivity index (χ2v) is 2.49. The van der Waals surface area contributed by atoms with Gasteiger partial charge >= 0.3 is 6.41 Å². The van der Waals surface area contributed by atoms with Crippen molar-refractivity contribution in [3.8, 4) is 0 Å². The van der Waals surface area contributed by atoms with Crippen LogP contribution in [0.5, 0.6) is 0 Å². The van der Waals surface area contributed by atoms with E-state index in [0.29, 0.717) is 6.04 Å². The molecule has 1 fully saturated rings. The predicted octanol–water partition coefficient (Wildman–Crippen LogP) is -0.653. The lowest BCUT2D eigenvalue weighted by Gasteiger charge is -2.06. The van der Waals surface area contributed by atoms with E-state index in [4.69, 9.17) is 0 Å². The highest BCUT2D eigenvalue weighted by Crippen LogP contribution is 2.04. The molecular formula is C6H11N2O. The molecule has 3 nitrogen and oxygen atoms in total. The summed E-state index contributed by atoms with van der Waals surface area (Å²) in [6.07, 6.45) is 2.76. The van der Waals surface area contributed by atoms with Crippen LogP contribution in [-0.2, 0) is 4.79 Å². The van der Waals surface area contributed by atoms with Crippen molar-refractivity contribution in [2.24, 2.45) is 0 Å². The highest BCUT2D eigenvalue weighted by Gasteiger charge is 2.17. The van der Waals surface area contributed by atoms with Crippen molar-refractivity contribution in [2.45, 2.75) is 12.5 Å². The van der Waals surface area contributed by atoms with Crippen molar-refractivity contribution in [1.82, 2.24) is 10.2 Å². The minimum atomic E-state index is 0.340. The zero-order chi connectivity index (χ0) is 6.69. The molecule has 1 heterocycles. The molecule has 0 aliphatic carbocycles. The van der Waals surface area contributed by atoms with Crippen LogP contribution < -0.4 is 5.32 Å². The van der Waals surface area contributed by atoms with E-state index in [-0.39, 0.29) is 0 Å². The molecule has 51 valence electrons. The number of likely N-dealkylation sites (N-methyl/N-ethyl adjacent to an activating group) is 1. The van der Waals surface area contributed by atoms with Crippen molar-refractivity contribution in [3.63, 3.8) is 0 Å². The molecule has 3 heteroatoms. The first-order valence-electron chi connectivity index (χ1n) is 3.14. The van der Waals surface area contributed by atoms with Crippen LogP contribution >= 0.6 is 0 Å². The number of carbonyl (C=O) groups excluding carboxylic acids is 1. The van der Waals surface area contributed by atoms with Gasteiger partial charge in [0, 0.05) is 12.6 Å². The quantitative estimate of drug-likeness (QED) is 0.500. The van der Waals surface area contributed by atoms with Gasteiger partial charge in [0.15, 0.2) is 0 Å². The molecule has 0 aromatic carbocycles. The van der Waals surface area contributed by atoms with E-state index in [0.717, 1.165) is 19.5 Å². The highest BCUT2D eigenvalue weighted by molar-refractivity contribution is 5.47. The SMILES string of the molecule is CN1CCC(N[C]=O)C1. The Kier molecular flexibility index (Phi) is 2.05. The Bertz CT molecular complexity index is 105. The monoisotopic (exact) mass is 127 g/mol. The molecule has 1 N–H and O–H groups in total. The molecule has 1 radical (unpaired) electrons. The number of hydrogen-bond acceptors (Lipinski definition) is 2. The Balaban J connectivity index is 2.21. The third kappa shape index (κ3) is 1.68. The van der Waals surface area contributed by atoms with E-state index in [9.17, 15) is 4.79 Å². The topological polar surface area (TPSA) is 32.3 Å². The van der Waals surface area contributed by atoms with Crippen LogP contribution in [0.1, 0.15) is 6.42 Å². The fourth-order valence-corrected chi connectivity index (χ4v) is 1.14. The normalized spacial score (nSPS) is 28.3. The number of nitrogens with one attached hydrogen (secondary N) is 1. The number of amides is 1. The summed E-state index contributed by atoms with van der Waals surface area (Å²) in [4.78, 5) is 12.0. The first kappa shape index (κ1) is 6.55. The van der Waals surface area contributed by atoms with E-state index in [1.807, 2.05) is 7.05 Å². The van der Waals surface area contributed by atoms with E-state index in [2.05, 4.69) is 10.2 Å². The fourth-order valence-electron chi connectivity index (χ4n) is 1.14. The molecule has 0 aromatic heterocycles. The average Bonchev–Trinajstić information content (AvgIpc) is 2.17. The second-order valence-electron chi connectivity index (χ2n) is 2.49. The fraction of sp³-hybridized carbons (Fsp3) is 0.833. The molecular weight excluding hydrogens is 116 g/mol. The maximum atomic E-state index is 9.81. The van der Waals surface area contributed by atoms with E-state index >= 15 is 0 Å². The summed E-state index contributed by atoms with van der Waals surface area (Å²) in [7, 11) is 2.05. The van der Waals surface area contributed by atoms with Gasteiger partial charge in [-0.1, -0.05) is 0 Å². The molecule has 1 aliphatic heterocycles. The first-order valence-corrected chi connectivity index (χ1v) is 3.14. The minimum Gasteiger partial charge on any atom is -0.344 e. The summed E-state index contributed by atoms with van der Waals surface area (Å²) in [5, 5.41) is 2.63. The maximum absolute atomic E-state index is 9.81. The third-order valence-electron chi connectivity index (χ3n) is 1.65. The molecule has 0 aromatic rings. The number of likely N-dealkylation sites (tertiary alicyclic amines) is 1. The van der Waals surface area contributed by atoms with Crippen LogP contribution in [0.25, 0.3) is 0 Å². The first-order chi connectivity index (χ1) is 4.33. The Labute approximate surface area is 55.0 Å². The standard InChI is InChI=1S/C6H11N2O/c1-8-3-2-6(4-8)7-5-9/h6H,2-4H2,1H3,(H,7,9). The Morgan fingerprint density at radius 1 is 1.78 bits per heavy atom. The van der Waals surface area contributed by atoms with Crippen molar-refractivity contribution >= 4 is 6.41 Å². The van der Waals surface area contributed by atoms with Gasteiger partial charge in [-0.2, -0.15) is 0 Å². The van der Waals surface area contributed by atoms with E-state index in [1.54, 1.807) is 6.41 Å². The summed E-state index contributed by atoms with van der Waals surface area (Å²) >= 11 is 0. The third-order valence-corrected chi connectivity index (χ3v) is 1.65. The Hall–Kier alpha value is -0.570. The number of hydrogen-bond donors (Lipinski definition) is 1. The predicted molar refractivity (Wildman–Crippen MR) is 34.7 cm³/mol. The molecule has 9 heavy (non-hydrogen) atoms. The molecule has 1 aliphatic rings. The molecule has 0 spiro atoms. The highest BCUT2D eigenvalue weighted by atomic mass is 16.1. The summed E-state index contributed by atoms with van der Waals surface area (Å²) < 4.78 is 0. The van der Waals surface area contributed by atoms with Crippen LogP contribution in [0, 0.1) is 0 Å². The molecule has 0 saturated carbocycles. The largest absolute Gasteiger partial charge is 0.344 e. The van der Waals surface area contributed by atoms with Crippen molar-refractivity contribution in [3.05, 3.63) is 0 Å². The summed E-state index contributed by atoms with van der Waals surface area (Å²) in [5.41, 5.74) is 0. The lowest BCUT2D eigenvalue weighted by molar-refractivity contribution is 0.405. The Morgan fingerprint density at radius 3 is 3.00 bits per heavy atom. The molecule has 1 unspecified atom stereocenters. The van der Waals surface area contributed by atoms with Crippen molar-refractivity contribution in [1.29, 1.82) is 0 Å². The van der Waals surface area contributed by atoms with E-state index in [1.165, 1.54) is 0 Å². The number of rotatable bonds is 2. The van der Waals surface area contributed by atoms with Gasteiger partial charge in [0.05, 0.1) is 0 Å². The van der Waals surface area contributed by atoms with Gasteiger partial charge < -0.3 is 10.2 Å². The summed E-state index contributed by atoms with van der Waals surface area (Å²) in [5.74, 6) is 0.